The SMILES string of the molecule is Cc1nn(-c2ccc(F)cc2)c2sc(C(=O)Nc3c(F)cccc3F)cc12. The molecule has 2 heterocycles. The summed E-state index contributed by atoms with van der Waals surface area (Å²) in [6.07, 6.45) is 0. The number of amides is 1. The number of aromatic nitrogens is 2. The van der Waals surface area contributed by atoms with E-state index in [2.05, 4.69) is 10.4 Å². The summed E-state index contributed by atoms with van der Waals surface area (Å²) in [6, 6.07) is 10.8. The molecule has 4 aromatic rings. The molecule has 0 aliphatic carbocycles. The van der Waals surface area contributed by atoms with Gasteiger partial charge in [-0.1, -0.05) is 6.07 Å². The molecule has 0 saturated carbocycles. The maximum Gasteiger partial charge on any atom is 0.265 e. The van der Waals surface area contributed by atoms with E-state index in [1.165, 1.54) is 18.2 Å². The first-order chi connectivity index (χ1) is 12.9. The Labute approximate surface area is 155 Å². The van der Waals surface area contributed by atoms with Crippen LogP contribution >= 0.6 is 11.3 Å². The molecular weight excluding hydrogens is 375 g/mol. The van der Waals surface area contributed by atoms with E-state index in [4.69, 9.17) is 0 Å². The van der Waals surface area contributed by atoms with Crippen molar-refractivity contribution >= 4 is 33.1 Å². The maximum absolute atomic E-state index is 13.8. The highest BCUT2D eigenvalue weighted by atomic mass is 32.1. The van der Waals surface area contributed by atoms with Crippen LogP contribution in [-0.2, 0) is 0 Å². The van der Waals surface area contributed by atoms with Crippen LogP contribution < -0.4 is 5.32 Å². The zero-order valence-corrected chi connectivity index (χ0v) is 14.8. The van der Waals surface area contributed by atoms with Crippen LogP contribution in [-0.4, -0.2) is 15.7 Å². The lowest BCUT2D eigenvalue weighted by atomic mass is 10.2. The van der Waals surface area contributed by atoms with Crippen LogP contribution in [0.2, 0.25) is 0 Å². The van der Waals surface area contributed by atoms with Crippen LogP contribution in [0.5, 0.6) is 0 Å². The third-order valence-corrected chi connectivity index (χ3v) is 5.15. The molecule has 0 fully saturated rings. The van der Waals surface area contributed by atoms with E-state index in [1.54, 1.807) is 29.8 Å². The molecule has 2 aromatic carbocycles. The lowest BCUT2D eigenvalue weighted by molar-refractivity contribution is 0.102. The Morgan fingerprint density at radius 3 is 2.41 bits per heavy atom. The smallest absolute Gasteiger partial charge is 0.265 e. The van der Waals surface area contributed by atoms with E-state index >= 15 is 0 Å². The molecule has 0 radical (unpaired) electrons. The number of thiophene rings is 1. The van der Waals surface area contributed by atoms with Crippen molar-refractivity contribution in [3.63, 3.8) is 0 Å². The minimum Gasteiger partial charge on any atom is -0.316 e. The minimum absolute atomic E-state index is 0.281. The van der Waals surface area contributed by atoms with Crippen molar-refractivity contribution in [3.05, 3.63) is 76.6 Å². The Balaban J connectivity index is 1.72. The summed E-state index contributed by atoms with van der Waals surface area (Å²) in [4.78, 5) is 13.4. The maximum atomic E-state index is 13.8. The van der Waals surface area contributed by atoms with Crippen molar-refractivity contribution in [1.29, 1.82) is 0 Å². The van der Waals surface area contributed by atoms with Gasteiger partial charge < -0.3 is 5.32 Å². The number of nitrogens with one attached hydrogen (secondary N) is 1. The van der Waals surface area contributed by atoms with Crippen molar-refractivity contribution in [2.24, 2.45) is 0 Å². The van der Waals surface area contributed by atoms with E-state index in [-0.39, 0.29) is 10.7 Å². The number of rotatable bonds is 3. The molecule has 27 heavy (non-hydrogen) atoms. The van der Waals surface area contributed by atoms with Crippen LogP contribution in [0.15, 0.2) is 48.5 Å². The molecule has 1 amide bonds. The van der Waals surface area contributed by atoms with Crippen molar-refractivity contribution in [1.82, 2.24) is 9.78 Å². The van der Waals surface area contributed by atoms with Gasteiger partial charge in [-0.2, -0.15) is 5.10 Å². The van der Waals surface area contributed by atoms with Gasteiger partial charge >= 0.3 is 0 Å². The number of nitrogens with zero attached hydrogens (tertiary/aromatic N) is 2. The van der Waals surface area contributed by atoms with Gasteiger partial charge in [0.05, 0.1) is 16.3 Å². The van der Waals surface area contributed by atoms with Crippen molar-refractivity contribution in [2.75, 3.05) is 5.32 Å². The summed E-state index contributed by atoms with van der Waals surface area (Å²) in [5, 5.41) is 7.43. The standard InChI is InChI=1S/C19H12F3N3OS/c1-10-13-9-16(18(26)23-17-14(21)3-2-4-15(17)22)27-19(13)25(24-10)12-7-5-11(20)6-8-12/h2-9H,1H3,(H,23,26). The molecule has 0 aliphatic heterocycles. The number of hydrogen-bond donors (Lipinski definition) is 1. The quantitative estimate of drug-likeness (QED) is 0.534. The average molecular weight is 387 g/mol. The molecular formula is C19H12F3N3OS. The van der Waals surface area contributed by atoms with Crippen LogP contribution in [0.25, 0.3) is 15.9 Å². The third-order valence-electron chi connectivity index (χ3n) is 4.04. The Kier molecular flexibility index (Phi) is 4.19. The van der Waals surface area contributed by atoms with E-state index in [0.717, 1.165) is 28.9 Å². The molecule has 136 valence electrons. The molecule has 2 aromatic heterocycles. The molecule has 0 aliphatic rings. The van der Waals surface area contributed by atoms with Crippen molar-refractivity contribution < 1.29 is 18.0 Å². The van der Waals surface area contributed by atoms with Gasteiger partial charge in [-0.25, -0.2) is 17.9 Å². The van der Waals surface area contributed by atoms with Crippen LogP contribution in [0.3, 0.4) is 0 Å². The number of carbonyl (C=O) groups excluding carboxylic acids is 1. The van der Waals surface area contributed by atoms with E-state index in [9.17, 15) is 18.0 Å². The zero-order valence-electron chi connectivity index (χ0n) is 14.0. The molecule has 0 unspecified atom stereocenters. The molecule has 0 saturated heterocycles. The molecule has 0 bridgehead atoms. The Morgan fingerprint density at radius 1 is 1.07 bits per heavy atom. The minimum atomic E-state index is -0.849. The predicted molar refractivity (Wildman–Crippen MR) is 98.0 cm³/mol. The fourth-order valence-electron chi connectivity index (χ4n) is 2.71. The third kappa shape index (κ3) is 3.08. The highest BCUT2D eigenvalue weighted by Crippen LogP contribution is 2.31. The second-order valence-electron chi connectivity index (χ2n) is 5.85. The number of anilines is 1. The van der Waals surface area contributed by atoms with Crippen molar-refractivity contribution in [3.8, 4) is 5.69 Å². The van der Waals surface area contributed by atoms with E-state index < -0.39 is 23.2 Å². The summed E-state index contributed by atoms with van der Waals surface area (Å²) in [6.45, 7) is 1.79. The number of benzene rings is 2. The Bertz CT molecular complexity index is 1140. The number of halogens is 3. The van der Waals surface area contributed by atoms with Gasteiger partial charge in [-0.3, -0.25) is 4.79 Å². The largest absolute Gasteiger partial charge is 0.316 e. The summed E-state index contributed by atoms with van der Waals surface area (Å²) in [5.41, 5.74) is 0.835. The molecule has 0 atom stereocenters. The normalized spacial score (nSPS) is 11.1. The number of hydrogen-bond acceptors (Lipinski definition) is 3. The monoisotopic (exact) mass is 387 g/mol. The van der Waals surface area contributed by atoms with Crippen LogP contribution in [0.1, 0.15) is 15.4 Å². The lowest BCUT2D eigenvalue weighted by Gasteiger charge is -2.06. The molecule has 4 rings (SSSR count). The highest BCUT2D eigenvalue weighted by molar-refractivity contribution is 7.20. The highest BCUT2D eigenvalue weighted by Gasteiger charge is 2.19. The summed E-state index contributed by atoms with van der Waals surface area (Å²) in [7, 11) is 0. The zero-order chi connectivity index (χ0) is 19.1. The summed E-state index contributed by atoms with van der Waals surface area (Å²) in [5.74, 6) is -2.68. The van der Waals surface area contributed by atoms with Gasteiger partial charge in [-0.05, 0) is 49.4 Å². The van der Waals surface area contributed by atoms with Crippen LogP contribution in [0.4, 0.5) is 18.9 Å². The molecule has 0 spiro atoms. The first kappa shape index (κ1) is 17.3. The molecule has 1 N–H and O–H groups in total. The van der Waals surface area contributed by atoms with Gasteiger partial charge in [0, 0.05) is 5.39 Å². The summed E-state index contributed by atoms with van der Waals surface area (Å²) < 4.78 is 42.3. The number of carbonyl (C=O) groups is 1. The number of para-hydroxylation sites is 1. The van der Waals surface area contributed by atoms with Crippen molar-refractivity contribution in [2.45, 2.75) is 6.92 Å². The second kappa shape index (κ2) is 6.55. The first-order valence-electron chi connectivity index (χ1n) is 7.94. The van der Waals surface area contributed by atoms with Gasteiger partial charge in [0.1, 0.15) is 28.0 Å². The lowest BCUT2D eigenvalue weighted by Crippen LogP contribution is -2.12. The second-order valence-corrected chi connectivity index (χ2v) is 6.88. The van der Waals surface area contributed by atoms with Gasteiger partial charge in [-0.15, -0.1) is 11.3 Å². The Morgan fingerprint density at radius 2 is 1.74 bits per heavy atom. The number of fused-ring (bicyclic) bond motifs is 1. The fraction of sp³-hybridized carbons (Fsp3) is 0.0526. The van der Waals surface area contributed by atoms with Gasteiger partial charge in [0.2, 0.25) is 0 Å². The Hall–Kier alpha value is -3.13. The first-order valence-corrected chi connectivity index (χ1v) is 8.76. The van der Waals surface area contributed by atoms with E-state index in [0.29, 0.717) is 16.2 Å². The molecule has 8 heteroatoms. The van der Waals surface area contributed by atoms with Gasteiger partial charge in [0.15, 0.2) is 0 Å². The topological polar surface area (TPSA) is 46.9 Å². The molecule has 4 nitrogen and oxygen atoms in total. The summed E-state index contributed by atoms with van der Waals surface area (Å²) >= 11 is 1.13. The predicted octanol–water partition coefficient (Wildman–Crippen LogP) is 5.07. The number of aryl methyl sites for hydroxylation is 1. The van der Waals surface area contributed by atoms with Crippen LogP contribution in [0, 0.1) is 24.4 Å². The van der Waals surface area contributed by atoms with E-state index in [1.807, 2.05) is 0 Å². The fourth-order valence-corrected chi connectivity index (χ4v) is 3.79. The average Bonchev–Trinajstić information content (AvgIpc) is 3.20. The van der Waals surface area contributed by atoms with Gasteiger partial charge in [0.25, 0.3) is 5.91 Å².